The van der Waals surface area contributed by atoms with E-state index in [2.05, 4.69) is 0 Å². The van der Waals surface area contributed by atoms with Gasteiger partial charge in [-0.05, 0) is 30.5 Å². The van der Waals surface area contributed by atoms with Crippen molar-refractivity contribution < 1.29 is 19.8 Å². The van der Waals surface area contributed by atoms with Crippen molar-refractivity contribution in [3.63, 3.8) is 0 Å². The van der Waals surface area contributed by atoms with E-state index in [0.29, 0.717) is 13.0 Å². The monoisotopic (exact) mass is 311 g/mol. The third kappa shape index (κ3) is 2.70. The summed E-state index contributed by atoms with van der Waals surface area (Å²) in [4.78, 5) is 25.6. The van der Waals surface area contributed by atoms with E-state index in [1.807, 2.05) is 13.8 Å². The molecule has 0 aromatic heterocycles. The molecule has 2 rings (SSSR count). The SMILES string of the molecule is CC(C)C1(C(=O)O)CCN(C(=O)c2cc(O)ccc2Cl)C1. The zero-order valence-electron chi connectivity index (χ0n) is 12.0. The van der Waals surface area contributed by atoms with Gasteiger partial charge in [0.1, 0.15) is 5.75 Å². The van der Waals surface area contributed by atoms with Gasteiger partial charge in [-0.15, -0.1) is 0 Å². The van der Waals surface area contributed by atoms with Gasteiger partial charge in [0.15, 0.2) is 0 Å². The molecule has 1 unspecified atom stereocenters. The van der Waals surface area contributed by atoms with Crippen LogP contribution in [0.5, 0.6) is 5.75 Å². The predicted molar refractivity (Wildman–Crippen MR) is 78.5 cm³/mol. The number of carbonyl (C=O) groups is 2. The van der Waals surface area contributed by atoms with Gasteiger partial charge < -0.3 is 15.1 Å². The van der Waals surface area contributed by atoms with E-state index in [9.17, 15) is 19.8 Å². The molecule has 1 heterocycles. The number of aromatic hydroxyl groups is 1. The molecule has 6 heteroatoms. The first kappa shape index (κ1) is 15.6. The number of rotatable bonds is 3. The average Bonchev–Trinajstić information content (AvgIpc) is 2.87. The minimum absolute atomic E-state index is 0.0460. The highest BCUT2D eigenvalue weighted by Gasteiger charge is 2.48. The average molecular weight is 312 g/mol. The molecule has 0 saturated carbocycles. The molecule has 1 amide bonds. The molecule has 0 bridgehead atoms. The van der Waals surface area contributed by atoms with Crippen molar-refractivity contribution in [1.82, 2.24) is 4.90 Å². The van der Waals surface area contributed by atoms with Crippen molar-refractivity contribution >= 4 is 23.5 Å². The Morgan fingerprint density at radius 3 is 2.57 bits per heavy atom. The van der Waals surface area contributed by atoms with E-state index >= 15 is 0 Å². The summed E-state index contributed by atoms with van der Waals surface area (Å²) >= 11 is 5.99. The van der Waals surface area contributed by atoms with Crippen molar-refractivity contribution in [2.75, 3.05) is 13.1 Å². The van der Waals surface area contributed by atoms with Crippen LogP contribution in [0, 0.1) is 11.3 Å². The van der Waals surface area contributed by atoms with Gasteiger partial charge in [-0.1, -0.05) is 25.4 Å². The highest BCUT2D eigenvalue weighted by atomic mass is 35.5. The maximum atomic E-state index is 12.5. The standard InChI is InChI=1S/C15H18ClNO4/c1-9(2)15(14(20)21)5-6-17(8-15)13(19)11-7-10(18)3-4-12(11)16/h3-4,7,9,18H,5-6,8H2,1-2H3,(H,20,21). The Labute approximate surface area is 128 Å². The number of likely N-dealkylation sites (tertiary alicyclic amines) is 1. The number of carbonyl (C=O) groups excluding carboxylic acids is 1. The third-order valence-electron chi connectivity index (χ3n) is 4.30. The first-order chi connectivity index (χ1) is 9.78. The van der Waals surface area contributed by atoms with Crippen molar-refractivity contribution in [1.29, 1.82) is 0 Å². The molecular formula is C15H18ClNO4. The number of carboxylic acid groups (broad SMARTS) is 1. The molecular weight excluding hydrogens is 294 g/mol. The Morgan fingerprint density at radius 2 is 2.05 bits per heavy atom. The first-order valence-corrected chi connectivity index (χ1v) is 7.17. The maximum absolute atomic E-state index is 12.5. The lowest BCUT2D eigenvalue weighted by molar-refractivity contribution is -0.150. The van der Waals surface area contributed by atoms with Crippen LogP contribution in [0.3, 0.4) is 0 Å². The van der Waals surface area contributed by atoms with Crippen molar-refractivity contribution in [2.24, 2.45) is 11.3 Å². The van der Waals surface area contributed by atoms with Crippen LogP contribution < -0.4 is 0 Å². The fourth-order valence-corrected chi connectivity index (χ4v) is 2.95. The summed E-state index contributed by atoms with van der Waals surface area (Å²) in [5.41, 5.74) is -0.722. The van der Waals surface area contributed by atoms with Crippen LogP contribution in [0.1, 0.15) is 30.6 Å². The molecule has 1 aromatic rings. The molecule has 1 atom stereocenters. The van der Waals surface area contributed by atoms with Gasteiger partial charge in [-0.3, -0.25) is 9.59 Å². The summed E-state index contributed by atoms with van der Waals surface area (Å²) in [5, 5.41) is 19.2. The summed E-state index contributed by atoms with van der Waals surface area (Å²) in [7, 11) is 0. The zero-order valence-corrected chi connectivity index (χ0v) is 12.7. The molecule has 1 fully saturated rings. The highest BCUT2D eigenvalue weighted by Crippen LogP contribution is 2.39. The molecule has 1 aromatic carbocycles. The van der Waals surface area contributed by atoms with Crippen LogP contribution in [0.15, 0.2) is 18.2 Å². The second-order valence-electron chi connectivity index (χ2n) is 5.76. The fourth-order valence-electron chi connectivity index (χ4n) is 2.75. The summed E-state index contributed by atoms with van der Waals surface area (Å²) in [6, 6.07) is 4.16. The van der Waals surface area contributed by atoms with E-state index in [4.69, 9.17) is 11.6 Å². The highest BCUT2D eigenvalue weighted by molar-refractivity contribution is 6.33. The second-order valence-corrected chi connectivity index (χ2v) is 6.16. The largest absolute Gasteiger partial charge is 0.508 e. The fraction of sp³-hybridized carbons (Fsp3) is 0.467. The van der Waals surface area contributed by atoms with Crippen LogP contribution in [0.25, 0.3) is 0 Å². The normalized spacial score (nSPS) is 21.8. The Hall–Kier alpha value is -1.75. The predicted octanol–water partition coefficient (Wildman–Crippen LogP) is 2.62. The minimum Gasteiger partial charge on any atom is -0.508 e. The summed E-state index contributed by atoms with van der Waals surface area (Å²) in [5.74, 6) is -1.35. The Kier molecular flexibility index (Phi) is 4.14. The van der Waals surface area contributed by atoms with Crippen LogP contribution in [0.4, 0.5) is 0 Å². The van der Waals surface area contributed by atoms with Gasteiger partial charge in [0.25, 0.3) is 5.91 Å². The van der Waals surface area contributed by atoms with Crippen molar-refractivity contribution in [3.05, 3.63) is 28.8 Å². The molecule has 0 aliphatic carbocycles. The van der Waals surface area contributed by atoms with E-state index in [1.54, 1.807) is 0 Å². The summed E-state index contributed by atoms with van der Waals surface area (Å²) < 4.78 is 0. The smallest absolute Gasteiger partial charge is 0.311 e. The Balaban J connectivity index is 2.27. The van der Waals surface area contributed by atoms with Crippen LogP contribution in [-0.4, -0.2) is 40.1 Å². The lowest BCUT2D eigenvalue weighted by Crippen LogP contribution is -2.40. The quantitative estimate of drug-likeness (QED) is 0.899. The van der Waals surface area contributed by atoms with Crippen molar-refractivity contribution in [2.45, 2.75) is 20.3 Å². The summed E-state index contributed by atoms with van der Waals surface area (Å²) in [6.07, 6.45) is 0.419. The number of aliphatic carboxylic acids is 1. The van der Waals surface area contributed by atoms with Gasteiger partial charge in [0.2, 0.25) is 0 Å². The second kappa shape index (κ2) is 5.56. The van der Waals surface area contributed by atoms with E-state index in [1.165, 1.54) is 23.1 Å². The van der Waals surface area contributed by atoms with E-state index < -0.39 is 11.4 Å². The van der Waals surface area contributed by atoms with Gasteiger partial charge >= 0.3 is 5.97 Å². The Morgan fingerprint density at radius 1 is 1.38 bits per heavy atom. The summed E-state index contributed by atoms with van der Waals surface area (Å²) in [6.45, 7) is 4.23. The molecule has 1 saturated heterocycles. The lowest BCUT2D eigenvalue weighted by Gasteiger charge is -2.28. The molecule has 0 radical (unpaired) electrons. The van der Waals surface area contributed by atoms with E-state index in [-0.39, 0.29) is 34.7 Å². The van der Waals surface area contributed by atoms with Gasteiger partial charge in [-0.2, -0.15) is 0 Å². The van der Waals surface area contributed by atoms with Crippen LogP contribution in [-0.2, 0) is 4.79 Å². The third-order valence-corrected chi connectivity index (χ3v) is 4.63. The number of hydrogen-bond acceptors (Lipinski definition) is 3. The molecule has 114 valence electrons. The molecule has 1 aliphatic heterocycles. The zero-order chi connectivity index (χ0) is 15.8. The van der Waals surface area contributed by atoms with Gasteiger partial charge in [-0.25, -0.2) is 0 Å². The van der Waals surface area contributed by atoms with Crippen molar-refractivity contribution in [3.8, 4) is 5.75 Å². The van der Waals surface area contributed by atoms with Crippen LogP contribution in [0.2, 0.25) is 5.02 Å². The minimum atomic E-state index is -0.918. The number of phenolic OH excluding ortho intramolecular Hbond substituents is 1. The first-order valence-electron chi connectivity index (χ1n) is 6.79. The Bertz CT molecular complexity index is 587. The topological polar surface area (TPSA) is 77.8 Å². The molecule has 5 nitrogen and oxygen atoms in total. The number of phenols is 1. The number of hydrogen-bond donors (Lipinski definition) is 2. The lowest BCUT2D eigenvalue weighted by atomic mass is 9.76. The molecule has 2 N–H and O–H groups in total. The number of carboxylic acids is 1. The van der Waals surface area contributed by atoms with Gasteiger partial charge in [0, 0.05) is 13.1 Å². The maximum Gasteiger partial charge on any atom is 0.311 e. The molecule has 1 aliphatic rings. The molecule has 21 heavy (non-hydrogen) atoms. The van der Waals surface area contributed by atoms with Crippen LogP contribution >= 0.6 is 11.6 Å². The number of nitrogens with zero attached hydrogens (tertiary/aromatic N) is 1. The molecule has 0 spiro atoms. The number of benzene rings is 1. The number of amides is 1. The van der Waals surface area contributed by atoms with Gasteiger partial charge in [0.05, 0.1) is 16.0 Å². The van der Waals surface area contributed by atoms with E-state index in [0.717, 1.165) is 0 Å². The number of halogens is 1.